The first-order valence-electron chi connectivity index (χ1n) is 10.3. The van der Waals surface area contributed by atoms with Crippen LogP contribution in [0.2, 0.25) is 0 Å². The van der Waals surface area contributed by atoms with Crippen LogP contribution in [0.1, 0.15) is 53.7 Å². The van der Waals surface area contributed by atoms with E-state index in [0.717, 1.165) is 54.3 Å². The predicted molar refractivity (Wildman–Crippen MR) is 111 cm³/mol. The fourth-order valence-electron chi connectivity index (χ4n) is 5.39. The average Bonchev–Trinajstić information content (AvgIpc) is 3.14. The summed E-state index contributed by atoms with van der Waals surface area (Å²) in [4.78, 5) is 31.3. The van der Waals surface area contributed by atoms with E-state index in [-0.39, 0.29) is 5.91 Å². The summed E-state index contributed by atoms with van der Waals surface area (Å²) in [6.07, 6.45) is 4.99. The number of para-hydroxylation sites is 1. The fraction of sp³-hybridized carbons (Fsp3) is 0.333. The lowest BCUT2D eigenvalue weighted by Gasteiger charge is -2.51. The number of aromatic nitrogens is 1. The number of rotatable bonds is 2. The smallest absolute Gasteiger partial charge is 0.326 e. The maximum absolute atomic E-state index is 13.7. The van der Waals surface area contributed by atoms with Gasteiger partial charge in [-0.1, -0.05) is 55.7 Å². The first kappa shape index (κ1) is 18.0. The lowest BCUT2D eigenvalue weighted by atomic mass is 9.72. The minimum Gasteiger partial charge on any atom is -0.480 e. The molecule has 1 fully saturated rings. The van der Waals surface area contributed by atoms with Crippen molar-refractivity contribution in [2.45, 2.75) is 50.1 Å². The molecule has 2 aliphatic rings. The van der Waals surface area contributed by atoms with Gasteiger partial charge in [0.05, 0.1) is 5.54 Å². The molecular formula is C24H24N2O3. The zero-order chi connectivity index (χ0) is 20.0. The van der Waals surface area contributed by atoms with Gasteiger partial charge in [-0.05, 0) is 36.6 Å². The van der Waals surface area contributed by atoms with Gasteiger partial charge in [0.15, 0.2) is 0 Å². The number of fused-ring (bicyclic) bond motifs is 4. The highest BCUT2D eigenvalue weighted by molar-refractivity contribution is 5.98. The van der Waals surface area contributed by atoms with Crippen molar-refractivity contribution in [2.75, 3.05) is 0 Å². The highest BCUT2D eigenvalue weighted by Gasteiger charge is 2.53. The number of H-pyrrole nitrogens is 1. The number of nitrogens with zero attached hydrogens (tertiary/aromatic N) is 1. The molecule has 1 spiro atoms. The highest BCUT2D eigenvalue weighted by Crippen LogP contribution is 2.49. The van der Waals surface area contributed by atoms with E-state index in [1.165, 1.54) is 0 Å². The number of hydrogen-bond donors (Lipinski definition) is 2. The Balaban J connectivity index is 1.75. The van der Waals surface area contributed by atoms with Crippen LogP contribution in [0.3, 0.4) is 0 Å². The Morgan fingerprint density at radius 1 is 0.966 bits per heavy atom. The van der Waals surface area contributed by atoms with Crippen LogP contribution in [0.25, 0.3) is 10.9 Å². The maximum Gasteiger partial charge on any atom is 0.326 e. The van der Waals surface area contributed by atoms with Crippen molar-refractivity contribution in [3.05, 3.63) is 71.4 Å². The third kappa shape index (κ3) is 2.68. The van der Waals surface area contributed by atoms with Gasteiger partial charge in [-0.25, -0.2) is 4.79 Å². The van der Waals surface area contributed by atoms with Crippen LogP contribution in [0, 0.1) is 0 Å². The zero-order valence-corrected chi connectivity index (χ0v) is 16.2. The first-order chi connectivity index (χ1) is 14.1. The number of carbonyl (C=O) groups excluding carboxylic acids is 1. The van der Waals surface area contributed by atoms with Crippen LogP contribution in [0.5, 0.6) is 0 Å². The average molecular weight is 388 g/mol. The number of carbonyl (C=O) groups is 2. The Morgan fingerprint density at radius 3 is 2.38 bits per heavy atom. The van der Waals surface area contributed by atoms with Gasteiger partial charge in [0.25, 0.3) is 5.91 Å². The first-order valence-corrected chi connectivity index (χ1v) is 10.3. The van der Waals surface area contributed by atoms with Gasteiger partial charge in [0, 0.05) is 28.6 Å². The van der Waals surface area contributed by atoms with Gasteiger partial charge in [0.1, 0.15) is 6.04 Å². The molecule has 1 aliphatic heterocycles. The molecule has 1 aromatic heterocycles. The number of amides is 1. The van der Waals surface area contributed by atoms with E-state index in [9.17, 15) is 14.7 Å². The Labute approximate surface area is 169 Å². The maximum atomic E-state index is 13.7. The fourth-order valence-corrected chi connectivity index (χ4v) is 5.39. The number of carboxylic acid groups (broad SMARTS) is 1. The lowest BCUT2D eigenvalue weighted by molar-refractivity contribution is -0.146. The van der Waals surface area contributed by atoms with Crippen molar-refractivity contribution in [3.63, 3.8) is 0 Å². The Bertz CT molecular complexity index is 1080. The number of carboxylic acids is 1. The molecule has 1 unspecified atom stereocenters. The number of benzene rings is 2. The minimum absolute atomic E-state index is 0.191. The standard InChI is InChI=1S/C24H24N2O3/c27-22(16-9-3-1-4-10-16)26-20(23(28)29)15-18-17-11-5-6-12-19(17)25-21(18)24(26)13-7-2-8-14-24/h1,3-6,9-12,20,25H,2,7-8,13-15H2,(H,28,29). The summed E-state index contributed by atoms with van der Waals surface area (Å²) in [5.74, 6) is -1.13. The molecule has 5 heteroatoms. The van der Waals surface area contributed by atoms with Crippen LogP contribution in [-0.4, -0.2) is 32.9 Å². The molecule has 0 radical (unpaired) electrons. The Kier molecular flexibility index (Phi) is 4.19. The van der Waals surface area contributed by atoms with E-state index < -0.39 is 17.6 Å². The minimum atomic E-state index is -0.935. The van der Waals surface area contributed by atoms with Crippen LogP contribution in [0.15, 0.2) is 54.6 Å². The van der Waals surface area contributed by atoms with E-state index in [1.807, 2.05) is 36.4 Å². The van der Waals surface area contributed by atoms with E-state index in [2.05, 4.69) is 11.1 Å². The van der Waals surface area contributed by atoms with Crippen molar-refractivity contribution >= 4 is 22.8 Å². The molecule has 148 valence electrons. The summed E-state index contributed by atoms with van der Waals surface area (Å²) in [5.41, 5.74) is 3.07. The normalized spacial score (nSPS) is 20.6. The van der Waals surface area contributed by atoms with E-state index >= 15 is 0 Å². The molecular weight excluding hydrogens is 364 g/mol. The molecule has 1 aliphatic carbocycles. The summed E-state index contributed by atoms with van der Waals surface area (Å²) in [7, 11) is 0. The van der Waals surface area contributed by atoms with Gasteiger partial charge < -0.3 is 15.0 Å². The molecule has 29 heavy (non-hydrogen) atoms. The zero-order valence-electron chi connectivity index (χ0n) is 16.2. The number of aromatic amines is 1. The third-order valence-electron chi connectivity index (χ3n) is 6.65. The quantitative estimate of drug-likeness (QED) is 0.680. The Hall–Kier alpha value is -3.08. The van der Waals surface area contributed by atoms with Crippen molar-refractivity contribution in [1.29, 1.82) is 0 Å². The van der Waals surface area contributed by atoms with Gasteiger partial charge in [-0.15, -0.1) is 0 Å². The third-order valence-corrected chi connectivity index (χ3v) is 6.65. The van der Waals surface area contributed by atoms with E-state index in [1.54, 1.807) is 17.0 Å². The van der Waals surface area contributed by atoms with Gasteiger partial charge in [0.2, 0.25) is 0 Å². The van der Waals surface area contributed by atoms with Gasteiger partial charge in [-0.3, -0.25) is 4.79 Å². The summed E-state index contributed by atoms with van der Waals surface area (Å²) in [6.45, 7) is 0. The molecule has 3 aromatic rings. The van der Waals surface area contributed by atoms with Crippen LogP contribution < -0.4 is 0 Å². The number of hydrogen-bond acceptors (Lipinski definition) is 2. The highest BCUT2D eigenvalue weighted by atomic mass is 16.4. The Morgan fingerprint density at radius 2 is 1.66 bits per heavy atom. The second-order valence-corrected chi connectivity index (χ2v) is 8.22. The molecule has 1 saturated carbocycles. The summed E-state index contributed by atoms with van der Waals surface area (Å²) < 4.78 is 0. The van der Waals surface area contributed by atoms with Crippen molar-refractivity contribution in [3.8, 4) is 0 Å². The number of nitrogens with one attached hydrogen (secondary N) is 1. The van der Waals surface area contributed by atoms with Gasteiger partial charge in [-0.2, -0.15) is 0 Å². The molecule has 1 atom stereocenters. The summed E-state index contributed by atoms with van der Waals surface area (Å²) >= 11 is 0. The second-order valence-electron chi connectivity index (χ2n) is 8.22. The van der Waals surface area contributed by atoms with Crippen molar-refractivity contribution < 1.29 is 14.7 Å². The predicted octanol–water partition coefficient (Wildman–Crippen LogP) is 4.48. The molecule has 5 rings (SSSR count). The van der Waals surface area contributed by atoms with Crippen LogP contribution in [0.4, 0.5) is 0 Å². The molecule has 0 bridgehead atoms. The molecule has 1 amide bonds. The summed E-state index contributed by atoms with van der Waals surface area (Å²) in [6, 6.07) is 16.3. The molecule has 2 aromatic carbocycles. The second kappa shape index (κ2) is 6.76. The van der Waals surface area contributed by atoms with E-state index in [4.69, 9.17) is 0 Å². The van der Waals surface area contributed by atoms with Crippen LogP contribution in [-0.2, 0) is 16.8 Å². The number of aliphatic carboxylic acids is 1. The van der Waals surface area contributed by atoms with Crippen LogP contribution >= 0.6 is 0 Å². The van der Waals surface area contributed by atoms with Gasteiger partial charge >= 0.3 is 5.97 Å². The van der Waals surface area contributed by atoms with E-state index in [0.29, 0.717) is 12.0 Å². The molecule has 0 saturated heterocycles. The molecule has 5 nitrogen and oxygen atoms in total. The van der Waals surface area contributed by atoms with Crippen molar-refractivity contribution in [2.24, 2.45) is 0 Å². The molecule has 2 N–H and O–H groups in total. The summed E-state index contributed by atoms with van der Waals surface area (Å²) in [5, 5.41) is 11.2. The molecule has 2 heterocycles. The monoisotopic (exact) mass is 388 g/mol. The largest absolute Gasteiger partial charge is 0.480 e. The SMILES string of the molecule is O=C(O)C1Cc2c([nH]c3ccccc23)C2(CCCCC2)N1C(=O)c1ccccc1. The van der Waals surface area contributed by atoms with Crippen molar-refractivity contribution in [1.82, 2.24) is 9.88 Å². The lowest BCUT2D eigenvalue weighted by Crippen LogP contribution is -2.61. The topological polar surface area (TPSA) is 73.4 Å².